The molecule has 0 bridgehead atoms. The Bertz CT molecular complexity index is 1610. The highest BCUT2D eigenvalue weighted by Crippen LogP contribution is 2.62. The average molecular weight is 434 g/mol. The van der Waals surface area contributed by atoms with Gasteiger partial charge in [0.05, 0.1) is 17.0 Å². The summed E-state index contributed by atoms with van der Waals surface area (Å²) in [5.74, 6) is 1.73. The van der Waals surface area contributed by atoms with Crippen molar-refractivity contribution in [3.8, 4) is 39.8 Å². The molecule has 2 heteroatoms. The van der Waals surface area contributed by atoms with Gasteiger partial charge in [-0.3, -0.25) is 0 Å². The first-order chi connectivity index (χ1) is 16.8. The van der Waals surface area contributed by atoms with Crippen LogP contribution in [0.5, 0.6) is 11.5 Å². The van der Waals surface area contributed by atoms with E-state index in [1.165, 1.54) is 27.8 Å². The van der Waals surface area contributed by atoms with Gasteiger partial charge in [0.2, 0.25) is 0 Å². The summed E-state index contributed by atoms with van der Waals surface area (Å²) in [5.41, 5.74) is 9.66. The maximum Gasteiger partial charge on any atom is 0.132 e. The fourth-order valence-electron chi connectivity index (χ4n) is 5.81. The Labute approximate surface area is 198 Å². The fraction of sp³-hybridized carbons (Fsp3) is 0.0312. The van der Waals surface area contributed by atoms with E-state index in [1.807, 2.05) is 30.3 Å². The van der Waals surface area contributed by atoms with Crippen LogP contribution >= 0.6 is 0 Å². The summed E-state index contributed by atoms with van der Waals surface area (Å²) in [4.78, 5) is 0. The van der Waals surface area contributed by atoms with Gasteiger partial charge >= 0.3 is 0 Å². The zero-order chi connectivity index (χ0) is 22.7. The summed E-state index contributed by atoms with van der Waals surface area (Å²) < 4.78 is 6.55. The van der Waals surface area contributed by atoms with Crippen LogP contribution in [0, 0.1) is 11.3 Å². The maximum absolute atomic E-state index is 9.36. The SMILES string of the molecule is N#Cc1cccc(-c2ccc3c(c2)Oc2ccccc2C32c3ccccc3-c3ccccc32)c1. The van der Waals surface area contributed by atoms with E-state index in [1.54, 1.807) is 0 Å². The Balaban J connectivity index is 1.56. The van der Waals surface area contributed by atoms with E-state index < -0.39 is 5.41 Å². The zero-order valence-electron chi connectivity index (χ0n) is 18.3. The minimum absolute atomic E-state index is 0.440. The molecule has 5 aromatic rings. The molecule has 34 heavy (non-hydrogen) atoms. The van der Waals surface area contributed by atoms with Gasteiger partial charge in [0.25, 0.3) is 0 Å². The summed E-state index contributed by atoms with van der Waals surface area (Å²) in [5, 5.41) is 9.36. The minimum Gasteiger partial charge on any atom is -0.457 e. The number of fused-ring (bicyclic) bond motifs is 9. The van der Waals surface area contributed by atoms with E-state index in [-0.39, 0.29) is 0 Å². The summed E-state index contributed by atoms with van der Waals surface area (Å²) in [6, 6.07) is 42.3. The molecule has 1 spiro atoms. The molecule has 0 saturated heterocycles. The third kappa shape index (κ3) is 2.39. The first kappa shape index (κ1) is 18.9. The monoisotopic (exact) mass is 433 g/mol. The van der Waals surface area contributed by atoms with Crippen LogP contribution in [0.1, 0.15) is 27.8 Å². The van der Waals surface area contributed by atoms with Gasteiger partial charge in [-0.1, -0.05) is 91.0 Å². The van der Waals surface area contributed by atoms with Gasteiger partial charge in [-0.15, -0.1) is 0 Å². The molecule has 2 aliphatic rings. The second-order valence-electron chi connectivity index (χ2n) is 8.84. The molecule has 158 valence electrons. The quantitative estimate of drug-likeness (QED) is 0.266. The molecule has 1 heterocycles. The van der Waals surface area contributed by atoms with Gasteiger partial charge < -0.3 is 4.74 Å². The number of benzene rings is 5. The van der Waals surface area contributed by atoms with Crippen LogP contribution in [0.3, 0.4) is 0 Å². The lowest BCUT2D eigenvalue weighted by Crippen LogP contribution is -2.32. The maximum atomic E-state index is 9.36. The molecule has 1 aliphatic heterocycles. The molecule has 0 saturated carbocycles. The Hall–Kier alpha value is -4.61. The lowest BCUT2D eigenvalue weighted by Gasteiger charge is -2.39. The van der Waals surface area contributed by atoms with Gasteiger partial charge in [0, 0.05) is 11.1 Å². The Morgan fingerprint density at radius 2 is 1.15 bits per heavy atom. The van der Waals surface area contributed by atoms with E-state index >= 15 is 0 Å². The predicted molar refractivity (Wildman–Crippen MR) is 134 cm³/mol. The number of hydrogen-bond acceptors (Lipinski definition) is 2. The first-order valence-electron chi connectivity index (χ1n) is 11.4. The van der Waals surface area contributed by atoms with Gasteiger partial charge in [0.15, 0.2) is 0 Å². The standard InChI is InChI=1S/C32H19NO/c33-20-21-8-7-9-22(18-21)23-16-17-29-31(19-23)34-30-15-6-5-14-28(30)32(29)26-12-3-1-10-24(26)25-11-2-4-13-27(25)32/h1-19H. The number of nitrogens with zero attached hydrogens (tertiary/aromatic N) is 1. The minimum atomic E-state index is -0.440. The van der Waals surface area contributed by atoms with Crippen molar-refractivity contribution in [1.82, 2.24) is 0 Å². The molecule has 0 atom stereocenters. The van der Waals surface area contributed by atoms with Gasteiger partial charge in [-0.2, -0.15) is 5.26 Å². The lowest BCUT2D eigenvalue weighted by molar-refractivity contribution is 0.436. The number of nitriles is 1. The predicted octanol–water partition coefficient (Wildman–Crippen LogP) is 7.69. The molecule has 7 rings (SSSR count). The molecule has 2 nitrogen and oxygen atoms in total. The molecule has 0 amide bonds. The normalized spacial score (nSPS) is 13.7. The summed E-state index contributed by atoms with van der Waals surface area (Å²) in [6.45, 7) is 0. The van der Waals surface area contributed by atoms with Crippen molar-refractivity contribution < 1.29 is 4.74 Å². The van der Waals surface area contributed by atoms with E-state index in [0.29, 0.717) is 5.56 Å². The van der Waals surface area contributed by atoms with Gasteiger partial charge in [-0.05, 0) is 57.6 Å². The largest absolute Gasteiger partial charge is 0.457 e. The third-order valence-electron chi connectivity index (χ3n) is 7.17. The number of ether oxygens (including phenoxy) is 1. The molecule has 0 radical (unpaired) electrons. The van der Waals surface area contributed by atoms with Crippen LogP contribution in [-0.4, -0.2) is 0 Å². The summed E-state index contributed by atoms with van der Waals surface area (Å²) in [6.07, 6.45) is 0. The van der Waals surface area contributed by atoms with Crippen LogP contribution in [0.15, 0.2) is 115 Å². The van der Waals surface area contributed by atoms with E-state index in [4.69, 9.17) is 4.74 Å². The van der Waals surface area contributed by atoms with Crippen LogP contribution in [0.4, 0.5) is 0 Å². The fourth-order valence-corrected chi connectivity index (χ4v) is 5.81. The van der Waals surface area contributed by atoms with Crippen molar-refractivity contribution in [3.63, 3.8) is 0 Å². The van der Waals surface area contributed by atoms with Crippen molar-refractivity contribution in [2.24, 2.45) is 0 Å². The first-order valence-corrected chi connectivity index (χ1v) is 11.4. The molecule has 5 aromatic carbocycles. The van der Waals surface area contributed by atoms with E-state index in [0.717, 1.165) is 28.2 Å². The van der Waals surface area contributed by atoms with E-state index in [9.17, 15) is 5.26 Å². The van der Waals surface area contributed by atoms with Crippen LogP contribution < -0.4 is 4.74 Å². The third-order valence-corrected chi connectivity index (χ3v) is 7.17. The topological polar surface area (TPSA) is 33.0 Å². The molecule has 1 aliphatic carbocycles. The highest BCUT2D eigenvalue weighted by Gasteiger charge is 2.50. The van der Waals surface area contributed by atoms with Crippen molar-refractivity contribution in [2.75, 3.05) is 0 Å². The summed E-state index contributed by atoms with van der Waals surface area (Å²) >= 11 is 0. The molecular weight excluding hydrogens is 414 g/mol. The molecular formula is C32H19NO. The van der Waals surface area contributed by atoms with Crippen molar-refractivity contribution in [2.45, 2.75) is 5.41 Å². The van der Waals surface area contributed by atoms with Crippen molar-refractivity contribution >= 4 is 0 Å². The highest BCUT2D eigenvalue weighted by molar-refractivity contribution is 5.88. The van der Waals surface area contributed by atoms with Crippen LogP contribution in [0.25, 0.3) is 22.3 Å². The lowest BCUT2D eigenvalue weighted by atomic mass is 9.66. The Kier molecular flexibility index (Phi) is 3.86. The van der Waals surface area contributed by atoms with Crippen LogP contribution in [0.2, 0.25) is 0 Å². The van der Waals surface area contributed by atoms with Gasteiger partial charge in [0.1, 0.15) is 11.5 Å². The Morgan fingerprint density at radius 3 is 1.88 bits per heavy atom. The highest BCUT2D eigenvalue weighted by atomic mass is 16.5. The molecule has 0 aromatic heterocycles. The van der Waals surface area contributed by atoms with Crippen LogP contribution in [-0.2, 0) is 5.41 Å². The molecule has 0 fully saturated rings. The number of hydrogen-bond donors (Lipinski definition) is 0. The second-order valence-corrected chi connectivity index (χ2v) is 8.84. The molecule has 0 N–H and O–H groups in total. The van der Waals surface area contributed by atoms with Crippen molar-refractivity contribution in [1.29, 1.82) is 5.26 Å². The summed E-state index contributed by atoms with van der Waals surface area (Å²) in [7, 11) is 0. The number of para-hydroxylation sites is 1. The molecule has 0 unspecified atom stereocenters. The zero-order valence-corrected chi connectivity index (χ0v) is 18.3. The average Bonchev–Trinajstić information content (AvgIpc) is 3.20. The van der Waals surface area contributed by atoms with Crippen molar-refractivity contribution in [3.05, 3.63) is 143 Å². The second kappa shape index (κ2) is 6.94. The Morgan fingerprint density at radius 1 is 0.529 bits per heavy atom. The van der Waals surface area contributed by atoms with Gasteiger partial charge in [-0.25, -0.2) is 0 Å². The smallest absolute Gasteiger partial charge is 0.132 e. The number of rotatable bonds is 1. The van der Waals surface area contributed by atoms with E-state index in [2.05, 4.69) is 91.0 Å².